The van der Waals surface area contributed by atoms with Gasteiger partial charge in [0.25, 0.3) is 0 Å². The van der Waals surface area contributed by atoms with Gasteiger partial charge in [-0.3, -0.25) is 4.57 Å². The zero-order chi connectivity index (χ0) is 37.5. The molecule has 0 spiro atoms. The molecule has 0 aliphatic carbocycles. The van der Waals surface area contributed by atoms with Gasteiger partial charge in [-0.2, -0.15) is 0 Å². The second kappa shape index (κ2) is 11.5. The average molecular weight is 662 g/mol. The Morgan fingerprint density at radius 1 is 0.540 bits per heavy atom. The third-order valence-corrected chi connectivity index (χ3v) is 11.0. The Kier molecular flexibility index (Phi) is 5.58. The van der Waals surface area contributed by atoms with Crippen LogP contribution >= 0.6 is 11.3 Å². The molecule has 0 atom stereocenters. The molecule has 0 aliphatic rings. The van der Waals surface area contributed by atoms with E-state index in [-0.39, 0.29) is 5.82 Å². The Bertz CT molecular complexity index is 3050. The summed E-state index contributed by atoms with van der Waals surface area (Å²) >= 11 is 1.84. The minimum absolute atomic E-state index is 0.142. The van der Waals surface area contributed by atoms with Crippen molar-refractivity contribution in [2.45, 2.75) is 13.2 Å². The Labute approximate surface area is 301 Å². The van der Waals surface area contributed by atoms with E-state index in [4.69, 9.17) is 6.85 Å². The molecule has 0 N–H and O–H groups in total. The molecule has 0 unspecified atom stereocenters. The smallest absolute Gasteiger partial charge is 0.114 e. The molecule has 2 nitrogen and oxygen atoms in total. The summed E-state index contributed by atoms with van der Waals surface area (Å²) < 4.78 is 45.1. The lowest BCUT2D eigenvalue weighted by Crippen LogP contribution is -1.99. The highest BCUT2D eigenvalue weighted by atomic mass is 32.1. The highest BCUT2D eigenvalue weighted by molar-refractivity contribution is 7.25. The summed E-state index contributed by atoms with van der Waals surface area (Å²) in [6.45, 7) is -2.89. The summed E-state index contributed by atoms with van der Waals surface area (Å²) in [7, 11) is 0. The number of hydrogen-bond acceptors (Lipinski definition) is 2. The summed E-state index contributed by atoms with van der Waals surface area (Å²) in [6.07, 6.45) is -2.65. The number of aryl methyl sites for hydroxylation is 1. The highest BCUT2D eigenvalue weighted by Gasteiger charge is 2.19. The average Bonchev–Trinajstić information content (AvgIpc) is 3.79. The van der Waals surface area contributed by atoms with Crippen LogP contribution in [0.5, 0.6) is 0 Å². The summed E-state index contributed by atoms with van der Waals surface area (Å²) in [4.78, 5) is 4.46. The Balaban J connectivity index is 1.08. The molecule has 2 heterocycles. The van der Waals surface area contributed by atoms with Crippen molar-refractivity contribution in [1.29, 1.82) is 0 Å². The number of para-hydroxylation sites is 2. The molecular weight excluding hydrogens is 625 g/mol. The fourth-order valence-electron chi connectivity index (χ4n) is 7.72. The molecule has 50 heavy (non-hydrogen) atoms. The van der Waals surface area contributed by atoms with Crippen molar-refractivity contribution >= 4 is 64.1 Å². The topological polar surface area (TPSA) is 17.8 Å². The van der Waals surface area contributed by atoms with Gasteiger partial charge < -0.3 is 0 Å². The number of fused-ring (bicyclic) bond motifs is 6. The van der Waals surface area contributed by atoms with Crippen molar-refractivity contribution in [3.8, 4) is 39.1 Å². The highest BCUT2D eigenvalue weighted by Crippen LogP contribution is 2.47. The van der Waals surface area contributed by atoms with Crippen LogP contribution in [-0.4, -0.2) is 9.55 Å². The quantitative estimate of drug-likeness (QED) is 0.168. The fraction of sp³-hybridized carbons (Fsp3) is 0.0426. The van der Waals surface area contributed by atoms with Crippen LogP contribution < -0.4 is 0 Å². The lowest BCUT2D eigenvalue weighted by Gasteiger charge is -2.18. The van der Waals surface area contributed by atoms with E-state index in [1.165, 1.54) is 58.4 Å². The van der Waals surface area contributed by atoms with Gasteiger partial charge in [0.05, 0.1) is 11.0 Å². The number of hydrogen-bond donors (Lipinski definition) is 0. The number of imidazole rings is 1. The van der Waals surface area contributed by atoms with Crippen LogP contribution in [-0.2, 0) is 6.37 Å². The van der Waals surface area contributed by atoms with Crippen LogP contribution in [0.25, 0.3) is 91.8 Å². The van der Waals surface area contributed by atoms with Crippen LogP contribution in [0.3, 0.4) is 0 Å². The van der Waals surface area contributed by atoms with Gasteiger partial charge in [-0.25, -0.2) is 4.98 Å². The van der Waals surface area contributed by atoms with E-state index in [9.17, 15) is 0 Å². The first-order valence-electron chi connectivity index (χ1n) is 19.2. The van der Waals surface area contributed by atoms with Crippen LogP contribution in [0.2, 0.25) is 0 Å². The van der Waals surface area contributed by atoms with Gasteiger partial charge in [-0.05, 0) is 91.3 Å². The van der Waals surface area contributed by atoms with Crippen molar-refractivity contribution in [3.05, 3.63) is 170 Å². The summed E-state index contributed by atoms with van der Waals surface area (Å²) in [5, 5.41) is 7.42. The molecule has 8 aromatic carbocycles. The van der Waals surface area contributed by atoms with E-state index in [0.717, 1.165) is 16.7 Å². The predicted molar refractivity (Wildman–Crippen MR) is 215 cm³/mol. The predicted octanol–water partition coefficient (Wildman–Crippen LogP) is 13.3. The van der Waals surface area contributed by atoms with E-state index in [0.29, 0.717) is 16.7 Å². The van der Waals surface area contributed by atoms with E-state index >= 15 is 0 Å². The summed E-state index contributed by atoms with van der Waals surface area (Å²) in [6, 6.07) is 56.6. The molecule has 236 valence electrons. The Hall–Kier alpha value is -6.03. The van der Waals surface area contributed by atoms with Crippen molar-refractivity contribution in [2.24, 2.45) is 0 Å². The largest absolute Gasteiger partial charge is 0.296 e. The number of thiophene rings is 1. The van der Waals surface area contributed by atoms with E-state index in [2.05, 4.69) is 120 Å². The monoisotopic (exact) mass is 661 g/mol. The molecule has 0 amide bonds. The zero-order valence-corrected chi connectivity index (χ0v) is 27.7. The number of aromatic nitrogens is 2. The van der Waals surface area contributed by atoms with Crippen molar-refractivity contribution in [1.82, 2.24) is 9.55 Å². The maximum atomic E-state index is 8.54. The SMILES string of the molecule is [2H]C([2H])([2H])C([2H])([2H])c1nc2ccccc2n1-c1ccc(-c2ccc(-c3c4ccccc4c(-c4cccc5sc6ccccc6c45)c4ccccc34)cc2)cc1. The molecule has 0 bridgehead atoms. The lowest BCUT2D eigenvalue weighted by atomic mass is 9.84. The summed E-state index contributed by atoms with van der Waals surface area (Å²) in [5.74, 6) is -0.142. The number of benzene rings is 8. The molecule has 0 saturated heterocycles. The molecule has 0 fully saturated rings. The maximum absolute atomic E-state index is 8.54. The third-order valence-electron chi connectivity index (χ3n) is 9.91. The van der Waals surface area contributed by atoms with Crippen molar-refractivity contribution in [3.63, 3.8) is 0 Å². The number of rotatable bonds is 5. The zero-order valence-electron chi connectivity index (χ0n) is 31.9. The first-order chi connectivity index (χ1) is 26.7. The first kappa shape index (κ1) is 24.2. The minimum Gasteiger partial charge on any atom is -0.296 e. The van der Waals surface area contributed by atoms with Gasteiger partial charge in [-0.15, -0.1) is 11.3 Å². The molecular formula is C47H32N2S. The molecule has 0 radical (unpaired) electrons. The molecule has 0 saturated carbocycles. The van der Waals surface area contributed by atoms with Crippen molar-refractivity contribution < 1.29 is 6.85 Å². The molecule has 0 aliphatic heterocycles. The van der Waals surface area contributed by atoms with Gasteiger partial charge in [-0.1, -0.05) is 134 Å². The molecule has 10 rings (SSSR count). The van der Waals surface area contributed by atoms with Crippen LogP contribution in [0.1, 0.15) is 19.5 Å². The minimum atomic E-state index is -2.89. The number of nitrogens with zero attached hydrogens (tertiary/aromatic N) is 2. The molecule has 3 heteroatoms. The van der Waals surface area contributed by atoms with Crippen molar-refractivity contribution in [2.75, 3.05) is 0 Å². The van der Waals surface area contributed by atoms with Crippen LogP contribution in [0.15, 0.2) is 164 Å². The van der Waals surface area contributed by atoms with Crippen LogP contribution in [0.4, 0.5) is 0 Å². The van der Waals surface area contributed by atoms with Gasteiger partial charge >= 0.3 is 0 Å². The molecule has 10 aromatic rings. The van der Waals surface area contributed by atoms with Gasteiger partial charge in [0.1, 0.15) is 5.82 Å². The summed E-state index contributed by atoms with van der Waals surface area (Å²) in [5.41, 5.74) is 8.67. The normalized spacial score (nSPS) is 13.8. The van der Waals surface area contributed by atoms with E-state index in [1.807, 2.05) is 53.8 Å². The Morgan fingerprint density at radius 3 is 1.80 bits per heavy atom. The van der Waals surface area contributed by atoms with Gasteiger partial charge in [0, 0.05) is 39.1 Å². The Morgan fingerprint density at radius 2 is 1.10 bits per heavy atom. The second-order valence-electron chi connectivity index (χ2n) is 12.6. The first-order valence-corrected chi connectivity index (χ1v) is 17.5. The fourth-order valence-corrected chi connectivity index (χ4v) is 8.85. The van der Waals surface area contributed by atoms with E-state index in [1.54, 1.807) is 10.6 Å². The molecule has 2 aromatic heterocycles. The lowest BCUT2D eigenvalue weighted by molar-refractivity contribution is 0.908. The van der Waals surface area contributed by atoms with E-state index < -0.39 is 13.2 Å². The van der Waals surface area contributed by atoms with Crippen LogP contribution in [0, 0.1) is 0 Å². The van der Waals surface area contributed by atoms with Gasteiger partial charge in [0.15, 0.2) is 0 Å². The third kappa shape index (κ3) is 4.44. The second-order valence-corrected chi connectivity index (χ2v) is 13.7. The van der Waals surface area contributed by atoms with Gasteiger partial charge in [0.2, 0.25) is 0 Å². The maximum Gasteiger partial charge on any atom is 0.114 e. The standard InChI is InChI=1S/C47H32N2S/c1-2-44-48-40-18-8-9-19-41(40)49(44)33-28-26-31(27-29-33)30-22-24-32(25-23-30)45-34-12-3-5-14-36(34)46(37-15-6-4-13-35(37)45)39-17-11-21-43-47(39)38-16-7-10-20-42(38)50-43/h3-29H,2H2,1H3/i1D3,2D2.